The average molecular weight is 531 g/mol. The van der Waals surface area contributed by atoms with E-state index in [2.05, 4.69) is 57.1 Å². The minimum absolute atomic E-state index is 0.434. The largest absolute Gasteiger partial charge is 0.490 e. The van der Waals surface area contributed by atoms with E-state index in [9.17, 15) is 13.2 Å². The number of pyridine rings is 1. The van der Waals surface area contributed by atoms with Crippen LogP contribution in [-0.4, -0.2) is 81.8 Å². The quantitative estimate of drug-likeness (QED) is 0.524. The minimum Gasteiger partial charge on any atom is -0.475 e. The minimum atomic E-state index is -5.08. The number of rotatable bonds is 3. The number of anilines is 1. The number of piperidine rings is 1. The first-order chi connectivity index (χ1) is 18.2. The number of fused-ring (bicyclic) bond motifs is 4. The molecule has 0 unspecified atom stereocenters. The van der Waals surface area contributed by atoms with E-state index in [1.807, 2.05) is 6.20 Å². The number of hydrogen-bond acceptors (Lipinski definition) is 6. The number of aromatic amines is 1. The van der Waals surface area contributed by atoms with Crippen molar-refractivity contribution in [2.75, 3.05) is 44.7 Å². The second-order valence-corrected chi connectivity index (χ2v) is 10.4. The van der Waals surface area contributed by atoms with E-state index in [-0.39, 0.29) is 0 Å². The molecule has 204 valence electrons. The lowest BCUT2D eigenvalue weighted by molar-refractivity contribution is -0.192. The molecule has 11 heteroatoms. The maximum Gasteiger partial charge on any atom is 0.490 e. The van der Waals surface area contributed by atoms with Gasteiger partial charge in [-0.25, -0.2) is 9.78 Å². The number of likely N-dealkylation sites (tertiary alicyclic amines) is 1. The molecule has 0 saturated carbocycles. The number of nitrogens with zero attached hydrogens (tertiary/aromatic N) is 5. The first-order valence-corrected chi connectivity index (χ1v) is 13.1. The number of halogens is 3. The van der Waals surface area contributed by atoms with Crippen LogP contribution in [-0.2, 0) is 17.8 Å². The first-order valence-electron chi connectivity index (χ1n) is 13.1. The van der Waals surface area contributed by atoms with Crippen molar-refractivity contribution in [3.63, 3.8) is 0 Å². The summed E-state index contributed by atoms with van der Waals surface area (Å²) in [5.41, 5.74) is 6.31. The number of aryl methyl sites for hydroxylation is 1. The van der Waals surface area contributed by atoms with Gasteiger partial charge in [-0.3, -0.25) is 9.88 Å². The van der Waals surface area contributed by atoms with Crippen LogP contribution in [0.3, 0.4) is 0 Å². The maximum absolute atomic E-state index is 10.6. The zero-order valence-corrected chi connectivity index (χ0v) is 21.4. The number of H-pyrrole nitrogens is 1. The highest BCUT2D eigenvalue weighted by molar-refractivity contribution is 5.89. The van der Waals surface area contributed by atoms with E-state index in [1.54, 1.807) is 0 Å². The van der Waals surface area contributed by atoms with Crippen LogP contribution in [0.4, 0.5) is 18.9 Å². The number of aliphatic carboxylic acids is 1. The summed E-state index contributed by atoms with van der Waals surface area (Å²) >= 11 is 0. The van der Waals surface area contributed by atoms with Crippen molar-refractivity contribution in [3.8, 4) is 0 Å². The number of carbonyl (C=O) groups is 1. The zero-order valence-electron chi connectivity index (χ0n) is 21.4. The molecular weight excluding hydrogens is 497 g/mol. The number of para-hydroxylation sites is 1. The molecule has 3 aliphatic rings. The summed E-state index contributed by atoms with van der Waals surface area (Å²) in [6, 6.07) is 11.4. The highest BCUT2D eigenvalue weighted by Gasteiger charge is 2.39. The van der Waals surface area contributed by atoms with E-state index in [4.69, 9.17) is 19.9 Å². The summed E-state index contributed by atoms with van der Waals surface area (Å²) < 4.78 is 31.7. The molecule has 1 aromatic carbocycles. The molecule has 2 saturated heterocycles. The van der Waals surface area contributed by atoms with Gasteiger partial charge in [0.05, 0.1) is 29.5 Å². The Labute approximate surface area is 219 Å². The number of likely N-dealkylation sites (N-methyl/N-ethyl adjacent to an activating group) is 1. The molecular formula is C27H33F3N6O2. The fraction of sp³-hybridized carbons (Fsp3) is 0.519. The number of imidazole rings is 1. The van der Waals surface area contributed by atoms with Gasteiger partial charge < -0.3 is 19.9 Å². The average Bonchev–Trinajstić information content (AvgIpc) is 3.31. The highest BCUT2D eigenvalue weighted by atomic mass is 19.4. The van der Waals surface area contributed by atoms with Crippen molar-refractivity contribution in [2.24, 2.45) is 5.92 Å². The number of hydrogen-bond donors (Lipinski definition) is 2. The fourth-order valence-corrected chi connectivity index (χ4v) is 5.93. The predicted molar refractivity (Wildman–Crippen MR) is 138 cm³/mol. The normalized spacial score (nSPS) is 22.4. The van der Waals surface area contributed by atoms with Crippen LogP contribution in [0.1, 0.15) is 42.4 Å². The fourth-order valence-electron chi connectivity index (χ4n) is 5.93. The molecule has 2 fully saturated rings. The third-order valence-corrected chi connectivity index (χ3v) is 7.83. The molecule has 2 aromatic heterocycles. The van der Waals surface area contributed by atoms with E-state index < -0.39 is 12.1 Å². The maximum atomic E-state index is 10.6. The molecule has 2 atom stereocenters. The number of aromatic nitrogens is 3. The smallest absolute Gasteiger partial charge is 0.475 e. The van der Waals surface area contributed by atoms with E-state index in [1.165, 1.54) is 42.6 Å². The standard InChI is InChI=1S/C25H32N6.C2HF3O2/c1-29-13-15-30(16-14-29)21-8-2-7-20-24(21)28-22(27-20)17-31-12-4-6-19-10-9-18-5-3-11-26-23(18)25(19)31;3-2(4,5)1(6)7/h2-3,5,7-8,11,19,25H,4,6,9-10,12-17H2,1H3,(H,27,28);(H,6,7)/t19-,25+;/m0./s1. The molecule has 8 nitrogen and oxygen atoms in total. The second kappa shape index (κ2) is 10.9. The lowest BCUT2D eigenvalue weighted by atomic mass is 9.77. The third-order valence-electron chi connectivity index (χ3n) is 7.83. The second-order valence-electron chi connectivity index (χ2n) is 10.4. The molecule has 2 N–H and O–H groups in total. The Balaban J connectivity index is 0.000000374. The van der Waals surface area contributed by atoms with Crippen LogP contribution in [0.25, 0.3) is 11.0 Å². The van der Waals surface area contributed by atoms with Crippen LogP contribution in [0, 0.1) is 5.92 Å². The third kappa shape index (κ3) is 5.63. The lowest BCUT2D eigenvalue weighted by Gasteiger charge is -2.44. The number of piperazine rings is 1. The molecule has 6 rings (SSSR count). The number of nitrogens with one attached hydrogen (secondary N) is 1. The van der Waals surface area contributed by atoms with Crippen molar-refractivity contribution >= 4 is 22.7 Å². The summed E-state index contributed by atoms with van der Waals surface area (Å²) in [5, 5.41) is 7.12. The van der Waals surface area contributed by atoms with Gasteiger partial charge in [0.25, 0.3) is 0 Å². The van der Waals surface area contributed by atoms with Crippen molar-refractivity contribution in [1.29, 1.82) is 0 Å². The van der Waals surface area contributed by atoms with Crippen LogP contribution in [0.15, 0.2) is 36.5 Å². The number of benzene rings is 1. The van der Waals surface area contributed by atoms with Gasteiger partial charge in [-0.2, -0.15) is 13.2 Å². The molecule has 2 aliphatic heterocycles. The summed E-state index contributed by atoms with van der Waals surface area (Å²) in [6.45, 7) is 6.34. The van der Waals surface area contributed by atoms with Crippen molar-refractivity contribution < 1.29 is 23.1 Å². The van der Waals surface area contributed by atoms with Gasteiger partial charge in [-0.1, -0.05) is 12.1 Å². The van der Waals surface area contributed by atoms with Gasteiger partial charge in [-0.05, 0) is 69.0 Å². The summed E-state index contributed by atoms with van der Waals surface area (Å²) in [4.78, 5) is 30.0. The first kappa shape index (κ1) is 26.4. The molecule has 1 aliphatic carbocycles. The number of carboxylic acid groups (broad SMARTS) is 1. The zero-order chi connectivity index (χ0) is 26.9. The van der Waals surface area contributed by atoms with Gasteiger partial charge in [0, 0.05) is 32.4 Å². The molecule has 0 bridgehead atoms. The number of alkyl halides is 3. The van der Waals surface area contributed by atoms with Gasteiger partial charge in [0.2, 0.25) is 0 Å². The van der Waals surface area contributed by atoms with Crippen molar-refractivity contribution in [3.05, 3.63) is 53.6 Å². The molecule has 3 aromatic rings. The highest BCUT2D eigenvalue weighted by Crippen LogP contribution is 2.43. The Hall–Kier alpha value is -3.18. The molecule has 0 radical (unpaired) electrons. The monoisotopic (exact) mass is 530 g/mol. The summed E-state index contributed by atoms with van der Waals surface area (Å²) in [7, 11) is 2.20. The SMILES string of the molecule is CN1CCN(c2cccc3[nH]c(CN4CCC[C@H]5CCc6cccnc6[C@@H]54)nc23)CC1.O=C(O)C(F)(F)F. The van der Waals surface area contributed by atoms with E-state index in [0.717, 1.165) is 62.0 Å². The van der Waals surface area contributed by atoms with Crippen LogP contribution < -0.4 is 4.90 Å². The Morgan fingerprint density at radius 1 is 1.11 bits per heavy atom. The van der Waals surface area contributed by atoms with E-state index in [0.29, 0.717) is 6.04 Å². The lowest BCUT2D eigenvalue weighted by Crippen LogP contribution is -2.44. The van der Waals surface area contributed by atoms with Gasteiger partial charge in [0.15, 0.2) is 0 Å². The Morgan fingerprint density at radius 3 is 2.61 bits per heavy atom. The van der Waals surface area contributed by atoms with Crippen molar-refractivity contribution in [1.82, 2.24) is 24.8 Å². The van der Waals surface area contributed by atoms with Gasteiger partial charge >= 0.3 is 12.1 Å². The van der Waals surface area contributed by atoms with Crippen LogP contribution in [0.5, 0.6) is 0 Å². The topological polar surface area (TPSA) is 88.6 Å². The molecule has 4 heterocycles. The Kier molecular flexibility index (Phi) is 7.58. The predicted octanol–water partition coefficient (Wildman–Crippen LogP) is 4.24. The molecule has 38 heavy (non-hydrogen) atoms. The molecule has 0 spiro atoms. The van der Waals surface area contributed by atoms with Gasteiger partial charge in [-0.15, -0.1) is 0 Å². The molecule has 0 amide bonds. The summed E-state index contributed by atoms with van der Waals surface area (Å²) in [5.74, 6) is -0.950. The van der Waals surface area contributed by atoms with Gasteiger partial charge in [0.1, 0.15) is 11.3 Å². The number of carboxylic acids is 1. The summed E-state index contributed by atoms with van der Waals surface area (Å²) in [6.07, 6.45) is 1.95. The Morgan fingerprint density at radius 2 is 1.87 bits per heavy atom. The van der Waals surface area contributed by atoms with Crippen LogP contribution >= 0.6 is 0 Å². The Bertz CT molecular complexity index is 1270. The van der Waals surface area contributed by atoms with Crippen LogP contribution in [0.2, 0.25) is 0 Å². The van der Waals surface area contributed by atoms with E-state index >= 15 is 0 Å². The van der Waals surface area contributed by atoms with Crippen molar-refractivity contribution in [2.45, 2.75) is 44.4 Å².